The third-order valence-corrected chi connectivity index (χ3v) is 19.0. The van der Waals surface area contributed by atoms with Gasteiger partial charge in [0.2, 0.25) is 5.91 Å². The Bertz CT molecular complexity index is 5830. The minimum absolute atomic E-state index is 0.0163. The van der Waals surface area contributed by atoms with Crippen LogP contribution in [0.15, 0.2) is 87.3 Å². The predicted molar refractivity (Wildman–Crippen MR) is 423 cm³/mol. The number of Topliss-reactive ketones (excluding diaryl/α,β-unsaturated/α-hetero) is 1. The molecule has 0 bridgehead atoms. The number of hydrogen-bond acceptors (Lipinski definition) is 26. The molecule has 35 nitrogen and oxygen atoms in total. The van der Waals surface area contributed by atoms with Crippen LogP contribution in [0.4, 0.5) is 34.4 Å². The van der Waals surface area contributed by atoms with Crippen molar-refractivity contribution < 1.29 is 38.9 Å². The van der Waals surface area contributed by atoms with Crippen LogP contribution >= 0.6 is 0 Å². The molecule has 6 aliphatic rings. The van der Waals surface area contributed by atoms with Gasteiger partial charge in [0.05, 0.1) is 58.3 Å². The van der Waals surface area contributed by atoms with Gasteiger partial charge in [-0.3, -0.25) is 53.1 Å². The van der Waals surface area contributed by atoms with Crippen LogP contribution in [0.3, 0.4) is 0 Å². The number of rotatable bonds is 27. The molecule has 6 aliphatic heterocycles. The smallest absolute Gasteiger partial charge is 0.349 e. The van der Waals surface area contributed by atoms with E-state index in [1.807, 2.05) is 124 Å². The molecule has 0 fully saturated rings. The zero-order chi connectivity index (χ0) is 81.5. The quantitative estimate of drug-likeness (QED) is 0.0200. The van der Waals surface area contributed by atoms with Crippen LogP contribution in [-0.2, 0) is 41.8 Å². The number of likely N-dealkylation sites (N-methyl/N-ethyl adjacent to an activating group) is 1. The van der Waals surface area contributed by atoms with E-state index in [1.54, 1.807) is 11.8 Å². The molecule has 2 aromatic heterocycles. The van der Waals surface area contributed by atoms with Gasteiger partial charge >= 0.3 is 29.3 Å². The molecule has 11 N–H and O–H groups in total. The number of aromatic amines is 4. The number of amides is 1. The fraction of sp³-hybridized carbons (Fsp3) is 0.390. The highest BCUT2D eigenvalue weighted by atomic mass is 16.5. The minimum Gasteiger partial charge on any atom is -0.481 e. The van der Waals surface area contributed by atoms with Gasteiger partial charge in [-0.2, -0.15) is 9.97 Å². The van der Waals surface area contributed by atoms with Gasteiger partial charge in [0, 0.05) is 65.2 Å². The Morgan fingerprint density at radius 3 is 1.50 bits per heavy atom. The number of anilines is 4. The van der Waals surface area contributed by atoms with Crippen LogP contribution in [0.1, 0.15) is 96.4 Å². The second kappa shape index (κ2) is 37.3. The summed E-state index contributed by atoms with van der Waals surface area (Å²) >= 11 is 0. The highest BCUT2D eigenvalue weighted by Crippen LogP contribution is 2.38. The Morgan fingerprint density at radius 2 is 1.00 bits per heavy atom. The van der Waals surface area contributed by atoms with Crippen LogP contribution in [0, 0.1) is 55.4 Å². The van der Waals surface area contributed by atoms with E-state index >= 15 is 0 Å². The van der Waals surface area contributed by atoms with Gasteiger partial charge in [0.25, 0.3) is 22.2 Å². The standard InChI is InChI=1S/C21H28N6O3.C19H23N5O4.C19H23N5O3.C18H19N5O4/c1-12-10-16-17(11-13(12)2)27(19-18(26-16)20(28)25-14(3)24-19)9-8-23-7-5-4-6-15(22)21(29)30;1-11-9-13-14(10-12(11)2)24(8-7-20-6-4-5-15(25)28-3)17-16(21-13)18(26)23-19(27)22-17;1-11-9-14-15(10-12(11)2)24(8-7-23(4)6-5-13(3)25)17-16(20-14)18(26)22-19(27)21-17;1-9-6-12-13(7-10(9)2)23(8-14(24)19-5-4-15(25)26)17-16(22-12)18(27)21-11(3)20-17/h10-11,15,23H,3-9,22H2,1-2H3,(H,25,28)(H,29,30);9-10,20H,4-8H2,1-3H3,(H,23,26,27);9-10H,5-8H2,1-4H3,(H,22,26,27);6-7H,3-5,8H2,1-2H3,(H,19,24)(H,21,27)(H,25,26)/t15-;;;/m0.../s1. The summed E-state index contributed by atoms with van der Waals surface area (Å²) in [6.45, 7) is 30.3. The first-order valence-corrected chi connectivity index (χ1v) is 36.3. The zero-order valence-corrected chi connectivity index (χ0v) is 64.5. The van der Waals surface area contributed by atoms with Crippen molar-refractivity contribution in [3.8, 4) is 23.0 Å². The highest BCUT2D eigenvalue weighted by Gasteiger charge is 2.28. The number of nitrogens with one attached hydrogen (secondary N) is 7. The van der Waals surface area contributed by atoms with Crippen LogP contribution in [0.25, 0.3) is 58.3 Å². The first kappa shape index (κ1) is 83.6. The van der Waals surface area contributed by atoms with Gasteiger partial charge < -0.3 is 70.4 Å². The van der Waals surface area contributed by atoms with Crippen molar-refractivity contribution in [3.05, 3.63) is 177 Å². The molecular formula is C77H93N21O14. The van der Waals surface area contributed by atoms with Crippen molar-refractivity contribution in [2.75, 3.05) is 82.9 Å². The molecule has 112 heavy (non-hydrogen) atoms. The largest absolute Gasteiger partial charge is 0.481 e. The lowest BCUT2D eigenvalue weighted by molar-refractivity contribution is -0.141. The van der Waals surface area contributed by atoms with Crippen LogP contribution in [-0.4, -0.2) is 183 Å². The van der Waals surface area contributed by atoms with E-state index in [0.717, 1.165) is 86.3 Å². The van der Waals surface area contributed by atoms with E-state index in [0.29, 0.717) is 117 Å². The molecule has 0 radical (unpaired) electrons. The summed E-state index contributed by atoms with van der Waals surface area (Å²) in [6.07, 6.45) is 3.37. The van der Waals surface area contributed by atoms with Crippen molar-refractivity contribution in [1.82, 2.24) is 79.8 Å². The van der Waals surface area contributed by atoms with Crippen molar-refractivity contribution >= 4 is 99.2 Å². The topological polar surface area (TPSA) is 484 Å². The summed E-state index contributed by atoms with van der Waals surface area (Å²) in [5.41, 5.74) is 17.5. The Hall–Kier alpha value is -12.5. The fourth-order valence-corrected chi connectivity index (χ4v) is 12.2. The highest BCUT2D eigenvalue weighted by molar-refractivity contribution is 5.88. The zero-order valence-electron chi connectivity index (χ0n) is 64.5. The van der Waals surface area contributed by atoms with Crippen LogP contribution in [0.5, 0.6) is 0 Å². The van der Waals surface area contributed by atoms with E-state index in [-0.39, 0.29) is 82.4 Å². The van der Waals surface area contributed by atoms with Gasteiger partial charge in [-0.15, -0.1) is 0 Å². The van der Waals surface area contributed by atoms with E-state index in [2.05, 4.69) is 99.7 Å². The number of ketones is 1. The molecule has 0 aliphatic carbocycles. The number of unbranched alkanes of at least 4 members (excludes halogenated alkanes) is 1. The summed E-state index contributed by atoms with van der Waals surface area (Å²) in [7, 11) is 3.30. The number of nitrogens with two attached hydrogens (primary N) is 1. The molecule has 0 spiro atoms. The van der Waals surface area contributed by atoms with E-state index in [1.165, 1.54) is 7.11 Å². The number of aryl methyl sites for hydroxylation is 8. The molecule has 12 rings (SSSR count). The maximum atomic E-state index is 12.4. The van der Waals surface area contributed by atoms with Gasteiger partial charge in [-0.05, 0) is 195 Å². The third-order valence-electron chi connectivity index (χ3n) is 19.0. The summed E-state index contributed by atoms with van der Waals surface area (Å²) in [5, 5.41) is 27.1. The van der Waals surface area contributed by atoms with Gasteiger partial charge in [-0.25, -0.2) is 39.5 Å². The molecule has 0 saturated heterocycles. The Labute approximate surface area is 640 Å². The van der Waals surface area contributed by atoms with E-state index < -0.39 is 46.0 Å². The first-order chi connectivity index (χ1) is 53.2. The Morgan fingerprint density at radius 1 is 0.536 bits per heavy atom. The average molecular weight is 1540 g/mol. The summed E-state index contributed by atoms with van der Waals surface area (Å²) in [6, 6.07) is 14.8. The number of H-pyrrole nitrogens is 4. The van der Waals surface area contributed by atoms with Crippen LogP contribution < -0.4 is 86.8 Å². The van der Waals surface area contributed by atoms with Gasteiger partial charge in [0.1, 0.15) is 29.3 Å². The number of nitrogens with zero attached hydrogens (tertiary/aromatic N) is 13. The Kier molecular flexibility index (Phi) is 27.8. The molecule has 6 aromatic rings. The second-order valence-corrected chi connectivity index (χ2v) is 27.5. The number of fused-ring (bicyclic) bond motifs is 8. The van der Waals surface area contributed by atoms with Crippen molar-refractivity contribution in [2.45, 2.75) is 126 Å². The molecule has 0 saturated carbocycles. The number of carbonyl (C=O) groups excluding carboxylic acids is 3. The van der Waals surface area contributed by atoms with Crippen molar-refractivity contribution in [1.29, 1.82) is 0 Å². The normalized spacial score (nSPS) is 12.1. The third kappa shape index (κ3) is 20.9. The maximum Gasteiger partial charge on any atom is 0.349 e. The molecule has 1 atom stereocenters. The summed E-state index contributed by atoms with van der Waals surface area (Å²) in [4.78, 5) is 178. The molecular weight excluding hydrogens is 1440 g/mol. The molecule has 0 unspecified atom stereocenters. The number of carbonyl (C=O) groups is 5. The SMILES string of the molecule is C=c1nc2c(c(=O)[nH]1)=Nc1cc(C)c(C)cc1N2CC(=O)NCCC(=O)O.C=c1nc2c(c(=O)[nH]1)=Nc1cc(C)c(C)cc1N2CCNCCCC[C@H](N)C(=O)O.CC(=O)CCN(C)CCn1c2nc(=O)[nH]c(=O)c-2nc2cc(C)c(C)cc21.COC(=O)CCCNCCn1c2nc(=O)[nH]c(=O)c-2nc2cc(C)c(C)cc21. The number of aliphatic carboxylic acids is 2. The van der Waals surface area contributed by atoms with Crippen molar-refractivity contribution in [3.63, 3.8) is 0 Å². The number of methoxy groups -OCH3 is 1. The molecule has 590 valence electrons. The molecule has 1 amide bonds. The maximum absolute atomic E-state index is 12.4. The van der Waals surface area contributed by atoms with E-state index in [4.69, 9.17) is 15.9 Å². The molecule has 35 heteroatoms. The number of esters is 1. The number of aromatic nitrogens is 12. The molecule has 8 heterocycles. The second-order valence-electron chi connectivity index (χ2n) is 27.5. The minimum atomic E-state index is -0.997. The fourth-order valence-electron chi connectivity index (χ4n) is 12.2. The first-order valence-electron chi connectivity index (χ1n) is 36.3. The number of carboxylic acid groups (broad SMARTS) is 2. The average Bonchev–Trinajstić information content (AvgIpc) is 0.775. The lowest BCUT2D eigenvalue weighted by Crippen LogP contribution is -2.45. The summed E-state index contributed by atoms with van der Waals surface area (Å²) in [5.74, 6) is -1.15. The lowest BCUT2D eigenvalue weighted by Gasteiger charge is -2.28. The monoisotopic (exact) mass is 1540 g/mol. The van der Waals surface area contributed by atoms with Gasteiger partial charge in [0.15, 0.2) is 45.4 Å². The predicted octanol–water partition coefficient (Wildman–Crippen LogP) is 2.02. The summed E-state index contributed by atoms with van der Waals surface area (Å²) < 4.78 is 8.32. The van der Waals surface area contributed by atoms with Crippen molar-refractivity contribution in [2.24, 2.45) is 15.7 Å². The van der Waals surface area contributed by atoms with Gasteiger partial charge in [-0.1, -0.05) is 19.6 Å². The Balaban J connectivity index is 0.000000172. The number of hydrogen-bond donors (Lipinski definition) is 10. The number of benzene rings is 4. The van der Waals surface area contributed by atoms with Crippen LogP contribution in [0.2, 0.25) is 0 Å². The number of carboxylic acids is 2. The number of ether oxygens (including phenoxy) is 1. The van der Waals surface area contributed by atoms with E-state index in [9.17, 15) is 52.7 Å². The molecule has 4 aromatic carbocycles. The lowest BCUT2D eigenvalue weighted by atomic mass is 10.1.